The highest BCUT2D eigenvalue weighted by molar-refractivity contribution is 6.32. The molecule has 1 amide bonds. The maximum atomic E-state index is 13.1. The van der Waals surface area contributed by atoms with Gasteiger partial charge in [0.15, 0.2) is 11.5 Å². The van der Waals surface area contributed by atoms with Crippen molar-refractivity contribution in [1.82, 2.24) is 0 Å². The van der Waals surface area contributed by atoms with Gasteiger partial charge in [-0.25, -0.2) is 4.79 Å². The van der Waals surface area contributed by atoms with Gasteiger partial charge in [-0.15, -0.1) is 0 Å². The van der Waals surface area contributed by atoms with E-state index in [9.17, 15) is 38.1 Å². The predicted octanol–water partition coefficient (Wildman–Crippen LogP) is 6.79. The minimum absolute atomic E-state index is 0.0588. The smallest absolute Gasteiger partial charge is 0.416 e. The fourth-order valence-corrected chi connectivity index (χ4v) is 3.64. The second-order valence-electron chi connectivity index (χ2n) is 8.00. The number of carbonyl (C=O) groups is 2. The molecular formula is C27H19ClF3N3O7. The van der Waals surface area contributed by atoms with Gasteiger partial charge in [0.25, 0.3) is 5.91 Å². The van der Waals surface area contributed by atoms with Gasteiger partial charge < -0.3 is 19.5 Å². The van der Waals surface area contributed by atoms with Crippen LogP contribution in [0.2, 0.25) is 5.02 Å². The van der Waals surface area contributed by atoms with E-state index in [1.54, 1.807) is 13.0 Å². The van der Waals surface area contributed by atoms with Crippen LogP contribution in [0.4, 0.5) is 24.5 Å². The number of methoxy groups -OCH3 is 1. The third kappa shape index (κ3) is 7.52. The molecule has 0 saturated carbocycles. The average Bonchev–Trinajstić information content (AvgIpc) is 2.93. The van der Waals surface area contributed by atoms with Crippen LogP contribution in [0.1, 0.15) is 28.4 Å². The summed E-state index contributed by atoms with van der Waals surface area (Å²) in [6.07, 6.45) is -3.63. The first-order chi connectivity index (χ1) is 19.4. The lowest BCUT2D eigenvalue weighted by Crippen LogP contribution is -2.13. The zero-order valence-corrected chi connectivity index (χ0v) is 22.0. The predicted molar refractivity (Wildman–Crippen MR) is 141 cm³/mol. The first-order valence-electron chi connectivity index (χ1n) is 11.5. The summed E-state index contributed by atoms with van der Waals surface area (Å²) in [4.78, 5) is 34.7. The number of nitriles is 1. The van der Waals surface area contributed by atoms with Crippen molar-refractivity contribution in [3.63, 3.8) is 0 Å². The van der Waals surface area contributed by atoms with Crippen LogP contribution in [0.3, 0.4) is 0 Å². The molecule has 0 fully saturated rings. The van der Waals surface area contributed by atoms with Gasteiger partial charge in [0.1, 0.15) is 11.6 Å². The molecule has 3 aromatic rings. The third-order valence-corrected chi connectivity index (χ3v) is 5.55. The van der Waals surface area contributed by atoms with E-state index in [1.165, 1.54) is 49.6 Å². The largest absolute Gasteiger partial charge is 0.490 e. The molecule has 0 aliphatic carbocycles. The molecule has 3 aromatic carbocycles. The lowest BCUT2D eigenvalue weighted by molar-refractivity contribution is -0.385. The molecule has 0 bridgehead atoms. The number of esters is 1. The Bertz CT molecular complexity index is 1570. The summed E-state index contributed by atoms with van der Waals surface area (Å²) in [5, 5.41) is 23.4. The summed E-state index contributed by atoms with van der Waals surface area (Å²) in [7, 11) is 1.22. The lowest BCUT2D eigenvalue weighted by Gasteiger charge is -2.15. The summed E-state index contributed by atoms with van der Waals surface area (Å²) in [6, 6.07) is 11.8. The number of nitro benzene ring substituents is 1. The molecule has 0 radical (unpaired) electrons. The Hall–Kier alpha value is -5.09. The standard InChI is InChI=1S/C27H19ClF3N3O7/c1-3-40-23-12-15(10-17(14-32)25(35)33-19-7-4-16(5-8-19)26(36)39-2)11-20(28)24(23)41-22-9-6-18(27(29,30)31)13-21(22)34(37)38/h4-13H,3H2,1-2H3,(H,33,35)/b17-10+. The second kappa shape index (κ2) is 12.8. The second-order valence-corrected chi connectivity index (χ2v) is 8.40. The van der Waals surface area contributed by atoms with Gasteiger partial charge in [-0.3, -0.25) is 14.9 Å². The van der Waals surface area contributed by atoms with Gasteiger partial charge in [-0.2, -0.15) is 18.4 Å². The minimum Gasteiger partial charge on any atom is -0.490 e. The van der Waals surface area contributed by atoms with Crippen molar-refractivity contribution < 1.29 is 41.9 Å². The molecule has 0 aliphatic rings. The topological polar surface area (TPSA) is 141 Å². The number of carbonyl (C=O) groups excluding carboxylic acids is 2. The summed E-state index contributed by atoms with van der Waals surface area (Å²) < 4.78 is 54.8. The molecule has 0 atom stereocenters. The Kier molecular flexibility index (Phi) is 9.54. The number of ether oxygens (including phenoxy) is 3. The van der Waals surface area contributed by atoms with Gasteiger partial charge in [0.2, 0.25) is 5.75 Å². The maximum absolute atomic E-state index is 13.1. The number of nitro groups is 1. The van der Waals surface area contributed by atoms with Crippen molar-refractivity contribution in [2.24, 2.45) is 0 Å². The molecule has 41 heavy (non-hydrogen) atoms. The van der Waals surface area contributed by atoms with Crippen molar-refractivity contribution in [2.45, 2.75) is 13.1 Å². The van der Waals surface area contributed by atoms with Gasteiger partial charge >= 0.3 is 17.8 Å². The lowest BCUT2D eigenvalue weighted by atomic mass is 10.1. The Morgan fingerprint density at radius 2 is 1.80 bits per heavy atom. The number of hydrogen-bond donors (Lipinski definition) is 1. The highest BCUT2D eigenvalue weighted by atomic mass is 35.5. The molecule has 0 saturated heterocycles. The molecule has 0 unspecified atom stereocenters. The number of hydrogen-bond acceptors (Lipinski definition) is 8. The molecule has 212 valence electrons. The number of amides is 1. The Morgan fingerprint density at radius 3 is 2.37 bits per heavy atom. The summed E-state index contributed by atoms with van der Waals surface area (Å²) in [5.41, 5.74) is -1.78. The zero-order chi connectivity index (χ0) is 30.3. The molecule has 14 heteroatoms. The van der Waals surface area contributed by atoms with Crippen LogP contribution in [0, 0.1) is 21.4 Å². The molecular weight excluding hydrogens is 571 g/mol. The van der Waals surface area contributed by atoms with Gasteiger partial charge in [-0.05, 0) is 67.1 Å². The van der Waals surface area contributed by atoms with Crippen LogP contribution in [0.25, 0.3) is 6.08 Å². The van der Waals surface area contributed by atoms with E-state index in [1.807, 2.05) is 0 Å². The van der Waals surface area contributed by atoms with Crippen LogP contribution < -0.4 is 14.8 Å². The Morgan fingerprint density at radius 1 is 1.12 bits per heavy atom. The molecule has 0 spiro atoms. The molecule has 0 aliphatic heterocycles. The van der Waals surface area contributed by atoms with Crippen LogP contribution in [-0.4, -0.2) is 30.5 Å². The van der Waals surface area contributed by atoms with E-state index in [4.69, 9.17) is 21.1 Å². The number of nitrogens with zero attached hydrogens (tertiary/aromatic N) is 2. The number of alkyl halides is 3. The SMILES string of the molecule is CCOc1cc(/C=C(\C#N)C(=O)Nc2ccc(C(=O)OC)cc2)cc(Cl)c1Oc1ccc(C(F)(F)F)cc1[N+](=O)[O-]. The number of nitrogens with one attached hydrogen (secondary N) is 1. The number of halogens is 4. The van der Waals surface area contributed by atoms with Crippen molar-refractivity contribution in [2.75, 3.05) is 19.0 Å². The molecule has 0 heterocycles. The third-order valence-electron chi connectivity index (χ3n) is 5.27. The van der Waals surface area contributed by atoms with Crippen LogP contribution in [0.15, 0.2) is 60.2 Å². The van der Waals surface area contributed by atoms with Gasteiger partial charge in [-0.1, -0.05) is 11.6 Å². The number of benzene rings is 3. The van der Waals surface area contributed by atoms with Crippen molar-refractivity contribution in [3.8, 4) is 23.3 Å². The minimum atomic E-state index is -4.82. The average molecular weight is 590 g/mol. The molecule has 3 rings (SSSR count). The van der Waals surface area contributed by atoms with E-state index in [0.29, 0.717) is 17.8 Å². The van der Waals surface area contributed by atoms with Gasteiger partial charge in [0.05, 0.1) is 34.8 Å². The Balaban J connectivity index is 1.93. The fourth-order valence-electron chi connectivity index (χ4n) is 3.39. The summed E-state index contributed by atoms with van der Waals surface area (Å²) in [6.45, 7) is 1.68. The van der Waals surface area contributed by atoms with Crippen molar-refractivity contribution >= 4 is 40.9 Å². The van der Waals surface area contributed by atoms with E-state index in [0.717, 1.165) is 6.07 Å². The number of anilines is 1. The van der Waals surface area contributed by atoms with Crippen LogP contribution >= 0.6 is 11.6 Å². The molecule has 0 aromatic heterocycles. The highest BCUT2D eigenvalue weighted by Gasteiger charge is 2.33. The molecule has 1 N–H and O–H groups in total. The van der Waals surface area contributed by atoms with E-state index in [2.05, 4.69) is 10.1 Å². The van der Waals surface area contributed by atoms with E-state index >= 15 is 0 Å². The monoisotopic (exact) mass is 589 g/mol. The summed E-state index contributed by atoms with van der Waals surface area (Å²) >= 11 is 6.34. The number of rotatable bonds is 9. The van der Waals surface area contributed by atoms with Crippen LogP contribution in [0.5, 0.6) is 17.2 Å². The quantitative estimate of drug-likeness (QED) is 0.0945. The summed E-state index contributed by atoms with van der Waals surface area (Å²) in [5.74, 6) is -2.17. The zero-order valence-electron chi connectivity index (χ0n) is 21.2. The van der Waals surface area contributed by atoms with Crippen molar-refractivity contribution in [3.05, 3.63) is 92.0 Å². The highest BCUT2D eigenvalue weighted by Crippen LogP contribution is 2.44. The normalized spacial score (nSPS) is 11.3. The first kappa shape index (κ1) is 30.5. The Labute approximate surface area is 235 Å². The fraction of sp³-hybridized carbons (Fsp3) is 0.148. The first-order valence-corrected chi connectivity index (χ1v) is 11.9. The van der Waals surface area contributed by atoms with E-state index < -0.39 is 40.0 Å². The van der Waals surface area contributed by atoms with Crippen LogP contribution in [-0.2, 0) is 15.7 Å². The van der Waals surface area contributed by atoms with Gasteiger partial charge in [0, 0.05) is 11.8 Å². The maximum Gasteiger partial charge on any atom is 0.416 e. The van der Waals surface area contributed by atoms with Crippen molar-refractivity contribution in [1.29, 1.82) is 5.26 Å². The van der Waals surface area contributed by atoms with E-state index in [-0.39, 0.29) is 39.8 Å². The molecule has 10 nitrogen and oxygen atoms in total.